The van der Waals surface area contributed by atoms with Crippen molar-refractivity contribution in [2.75, 3.05) is 26.2 Å². The molecule has 0 spiro atoms. The molecule has 1 aliphatic rings. The van der Waals surface area contributed by atoms with Crippen molar-refractivity contribution < 1.29 is 4.79 Å². The average Bonchev–Trinajstić information content (AvgIpc) is 3.04. The van der Waals surface area contributed by atoms with Gasteiger partial charge in [0.1, 0.15) is 6.33 Å². The standard InChI is InChI=1S/C16H23N5O/c1-2-20-10-6-13(7-11-20)5-8-17-16(22)14-4-3-9-21-12-18-19-15(14)21/h3-4,9,12-13H,2,5-8,10-11H2,1H3,(H,17,22). The predicted octanol–water partition coefficient (Wildman–Crippen LogP) is 1.58. The van der Waals surface area contributed by atoms with Crippen molar-refractivity contribution in [2.24, 2.45) is 5.92 Å². The molecule has 1 amide bonds. The molecule has 118 valence electrons. The second-order valence-electron chi connectivity index (χ2n) is 5.91. The highest BCUT2D eigenvalue weighted by Gasteiger charge is 2.18. The van der Waals surface area contributed by atoms with Gasteiger partial charge in [0, 0.05) is 12.7 Å². The van der Waals surface area contributed by atoms with Gasteiger partial charge in [-0.05, 0) is 56.9 Å². The van der Waals surface area contributed by atoms with Gasteiger partial charge in [0.2, 0.25) is 0 Å². The molecule has 2 aromatic rings. The number of nitrogens with zero attached hydrogens (tertiary/aromatic N) is 4. The van der Waals surface area contributed by atoms with E-state index >= 15 is 0 Å². The van der Waals surface area contributed by atoms with Gasteiger partial charge in [-0.3, -0.25) is 9.20 Å². The Hall–Kier alpha value is -1.95. The summed E-state index contributed by atoms with van der Waals surface area (Å²) >= 11 is 0. The molecular formula is C16H23N5O. The number of pyridine rings is 1. The van der Waals surface area contributed by atoms with Crippen LogP contribution < -0.4 is 5.32 Å². The lowest BCUT2D eigenvalue weighted by Crippen LogP contribution is -2.35. The van der Waals surface area contributed by atoms with E-state index in [1.54, 1.807) is 16.8 Å². The van der Waals surface area contributed by atoms with Gasteiger partial charge in [0.15, 0.2) is 5.65 Å². The van der Waals surface area contributed by atoms with Crippen molar-refractivity contribution in [1.29, 1.82) is 0 Å². The van der Waals surface area contributed by atoms with E-state index < -0.39 is 0 Å². The Morgan fingerprint density at radius 2 is 2.23 bits per heavy atom. The molecule has 0 saturated carbocycles. The number of fused-ring (bicyclic) bond motifs is 1. The number of piperidine rings is 1. The minimum absolute atomic E-state index is 0.0652. The molecule has 3 rings (SSSR count). The average molecular weight is 301 g/mol. The van der Waals surface area contributed by atoms with Gasteiger partial charge >= 0.3 is 0 Å². The smallest absolute Gasteiger partial charge is 0.255 e. The number of carbonyl (C=O) groups is 1. The number of rotatable bonds is 5. The summed E-state index contributed by atoms with van der Waals surface area (Å²) in [4.78, 5) is 14.8. The number of likely N-dealkylation sites (tertiary alicyclic amines) is 1. The molecule has 0 unspecified atom stereocenters. The number of carbonyl (C=O) groups excluding carboxylic acids is 1. The first kappa shape index (κ1) is 15.0. The van der Waals surface area contributed by atoms with Crippen LogP contribution in [-0.2, 0) is 0 Å². The molecule has 0 aliphatic carbocycles. The minimum Gasteiger partial charge on any atom is -0.352 e. The van der Waals surface area contributed by atoms with Crippen LogP contribution in [0.4, 0.5) is 0 Å². The lowest BCUT2D eigenvalue weighted by atomic mass is 9.93. The van der Waals surface area contributed by atoms with E-state index in [1.165, 1.54) is 25.9 Å². The summed E-state index contributed by atoms with van der Waals surface area (Å²) in [6.45, 7) is 6.46. The van der Waals surface area contributed by atoms with Crippen LogP contribution in [0.2, 0.25) is 0 Å². The summed E-state index contributed by atoms with van der Waals surface area (Å²) in [5, 5.41) is 10.9. The molecule has 3 heterocycles. The second-order valence-corrected chi connectivity index (χ2v) is 5.91. The van der Waals surface area contributed by atoms with E-state index in [1.807, 2.05) is 12.3 Å². The number of hydrogen-bond donors (Lipinski definition) is 1. The van der Waals surface area contributed by atoms with Crippen LogP contribution in [-0.4, -0.2) is 51.6 Å². The van der Waals surface area contributed by atoms with E-state index in [-0.39, 0.29) is 5.91 Å². The lowest BCUT2D eigenvalue weighted by Gasteiger charge is -2.31. The van der Waals surface area contributed by atoms with Crippen molar-refractivity contribution >= 4 is 11.6 Å². The molecule has 1 aliphatic heterocycles. The van der Waals surface area contributed by atoms with Gasteiger partial charge in [0.05, 0.1) is 5.56 Å². The molecular weight excluding hydrogens is 278 g/mol. The van der Waals surface area contributed by atoms with Crippen LogP contribution >= 0.6 is 0 Å². The zero-order chi connectivity index (χ0) is 15.4. The minimum atomic E-state index is -0.0652. The van der Waals surface area contributed by atoms with Crippen LogP contribution in [0.1, 0.15) is 36.5 Å². The number of nitrogens with one attached hydrogen (secondary N) is 1. The van der Waals surface area contributed by atoms with Crippen LogP contribution in [0.25, 0.3) is 5.65 Å². The summed E-state index contributed by atoms with van der Waals surface area (Å²) in [5.74, 6) is 0.663. The summed E-state index contributed by atoms with van der Waals surface area (Å²) in [6, 6.07) is 3.63. The molecule has 0 aromatic carbocycles. The summed E-state index contributed by atoms with van der Waals surface area (Å²) in [5.41, 5.74) is 1.19. The number of hydrogen-bond acceptors (Lipinski definition) is 4. The molecule has 1 N–H and O–H groups in total. The third-order valence-electron chi connectivity index (χ3n) is 4.56. The van der Waals surface area contributed by atoms with Gasteiger partial charge in [-0.15, -0.1) is 10.2 Å². The second kappa shape index (κ2) is 6.87. The third kappa shape index (κ3) is 3.27. The Kier molecular flexibility index (Phi) is 4.68. The fourth-order valence-corrected chi connectivity index (χ4v) is 3.10. The Morgan fingerprint density at radius 3 is 3.00 bits per heavy atom. The van der Waals surface area contributed by atoms with E-state index in [0.717, 1.165) is 25.4 Å². The summed E-state index contributed by atoms with van der Waals surface area (Å²) in [6.07, 6.45) is 6.98. The van der Waals surface area contributed by atoms with Gasteiger partial charge in [-0.2, -0.15) is 0 Å². The van der Waals surface area contributed by atoms with Gasteiger partial charge in [-0.25, -0.2) is 0 Å². The Morgan fingerprint density at radius 1 is 1.41 bits per heavy atom. The monoisotopic (exact) mass is 301 g/mol. The highest BCUT2D eigenvalue weighted by Crippen LogP contribution is 2.19. The van der Waals surface area contributed by atoms with E-state index in [0.29, 0.717) is 11.2 Å². The van der Waals surface area contributed by atoms with Crippen molar-refractivity contribution in [3.05, 3.63) is 30.2 Å². The fourth-order valence-electron chi connectivity index (χ4n) is 3.10. The predicted molar refractivity (Wildman–Crippen MR) is 84.8 cm³/mol. The van der Waals surface area contributed by atoms with Crippen molar-refractivity contribution in [3.63, 3.8) is 0 Å². The zero-order valence-electron chi connectivity index (χ0n) is 13.0. The Labute approximate surface area is 130 Å². The Balaban J connectivity index is 1.50. The van der Waals surface area contributed by atoms with Crippen LogP contribution in [0.5, 0.6) is 0 Å². The highest BCUT2D eigenvalue weighted by molar-refractivity contribution is 5.99. The van der Waals surface area contributed by atoms with Crippen LogP contribution in [0, 0.1) is 5.92 Å². The largest absolute Gasteiger partial charge is 0.352 e. The van der Waals surface area contributed by atoms with Crippen LogP contribution in [0.15, 0.2) is 24.7 Å². The molecule has 1 fully saturated rings. The topological polar surface area (TPSA) is 62.5 Å². The SMILES string of the molecule is CCN1CCC(CCNC(=O)c2cccn3cnnc23)CC1. The molecule has 22 heavy (non-hydrogen) atoms. The molecule has 6 heteroatoms. The highest BCUT2D eigenvalue weighted by atomic mass is 16.1. The maximum absolute atomic E-state index is 12.3. The number of amides is 1. The molecule has 2 aromatic heterocycles. The molecule has 0 bridgehead atoms. The summed E-state index contributed by atoms with van der Waals surface area (Å²) in [7, 11) is 0. The zero-order valence-corrected chi connectivity index (χ0v) is 13.0. The van der Waals surface area contributed by atoms with Gasteiger partial charge in [-0.1, -0.05) is 6.92 Å². The van der Waals surface area contributed by atoms with Crippen molar-refractivity contribution in [1.82, 2.24) is 24.8 Å². The quantitative estimate of drug-likeness (QED) is 0.911. The van der Waals surface area contributed by atoms with E-state index in [4.69, 9.17) is 0 Å². The van der Waals surface area contributed by atoms with E-state index in [9.17, 15) is 4.79 Å². The number of aromatic nitrogens is 3. The first-order valence-corrected chi connectivity index (χ1v) is 8.07. The van der Waals surface area contributed by atoms with Gasteiger partial charge < -0.3 is 10.2 Å². The van der Waals surface area contributed by atoms with Gasteiger partial charge in [0.25, 0.3) is 5.91 Å². The maximum Gasteiger partial charge on any atom is 0.255 e. The summed E-state index contributed by atoms with van der Waals surface area (Å²) < 4.78 is 1.76. The Bertz CT molecular complexity index is 630. The molecule has 0 radical (unpaired) electrons. The van der Waals surface area contributed by atoms with Crippen molar-refractivity contribution in [2.45, 2.75) is 26.2 Å². The van der Waals surface area contributed by atoms with E-state index in [2.05, 4.69) is 27.3 Å². The first-order chi connectivity index (χ1) is 10.8. The molecule has 6 nitrogen and oxygen atoms in total. The fraction of sp³-hybridized carbons (Fsp3) is 0.562. The third-order valence-corrected chi connectivity index (χ3v) is 4.56. The normalized spacial score (nSPS) is 17.0. The van der Waals surface area contributed by atoms with Crippen molar-refractivity contribution in [3.8, 4) is 0 Å². The molecule has 0 atom stereocenters. The molecule has 1 saturated heterocycles. The maximum atomic E-state index is 12.3. The first-order valence-electron chi connectivity index (χ1n) is 8.07. The lowest BCUT2D eigenvalue weighted by molar-refractivity contribution is 0.0949. The van der Waals surface area contributed by atoms with Crippen LogP contribution in [0.3, 0.4) is 0 Å².